The van der Waals surface area contributed by atoms with Crippen molar-refractivity contribution in [3.05, 3.63) is 29.8 Å². The van der Waals surface area contributed by atoms with Gasteiger partial charge in [0.1, 0.15) is 5.75 Å². The molecule has 1 saturated heterocycles. The number of nitrogens with zero attached hydrogens (tertiary/aromatic N) is 1. The highest BCUT2D eigenvalue weighted by atomic mass is 19.4. The first kappa shape index (κ1) is 14.1. The van der Waals surface area contributed by atoms with E-state index in [2.05, 4.69) is 16.6 Å². The Morgan fingerprint density at radius 1 is 1.32 bits per heavy atom. The maximum absolute atomic E-state index is 12.0. The van der Waals surface area contributed by atoms with Crippen LogP contribution in [-0.2, 0) is 6.54 Å². The van der Waals surface area contributed by atoms with E-state index in [-0.39, 0.29) is 11.8 Å². The molecule has 19 heavy (non-hydrogen) atoms. The molecule has 2 unspecified atom stereocenters. The Hall–Kier alpha value is -1.27. The van der Waals surface area contributed by atoms with E-state index in [4.69, 9.17) is 5.73 Å². The van der Waals surface area contributed by atoms with Crippen molar-refractivity contribution in [1.29, 1.82) is 0 Å². The van der Waals surface area contributed by atoms with Crippen molar-refractivity contribution in [2.24, 2.45) is 5.73 Å². The molecule has 1 aliphatic rings. The van der Waals surface area contributed by atoms with Crippen molar-refractivity contribution in [2.75, 3.05) is 6.54 Å². The Morgan fingerprint density at radius 2 is 1.95 bits per heavy atom. The summed E-state index contributed by atoms with van der Waals surface area (Å²) in [6, 6.07) is 6.45. The first-order chi connectivity index (χ1) is 8.85. The molecular formula is C13H17F3N2O. The summed E-state index contributed by atoms with van der Waals surface area (Å²) in [5.41, 5.74) is 6.88. The standard InChI is InChI=1S/C13H17F3N2O/c1-9-12(17)6-7-18(9)8-10-2-4-11(5-3-10)19-13(14,15)16/h2-5,9,12H,6-8,17H2,1H3. The quantitative estimate of drug-likeness (QED) is 0.920. The SMILES string of the molecule is CC1C(N)CCN1Cc1ccc(OC(F)(F)F)cc1. The van der Waals surface area contributed by atoms with E-state index in [9.17, 15) is 13.2 Å². The van der Waals surface area contributed by atoms with E-state index in [1.165, 1.54) is 12.1 Å². The maximum atomic E-state index is 12.0. The van der Waals surface area contributed by atoms with Crippen LogP contribution >= 0.6 is 0 Å². The molecule has 1 fully saturated rings. The topological polar surface area (TPSA) is 38.5 Å². The van der Waals surface area contributed by atoms with Crippen LogP contribution in [-0.4, -0.2) is 29.9 Å². The highest BCUT2D eigenvalue weighted by molar-refractivity contribution is 5.27. The van der Waals surface area contributed by atoms with Gasteiger partial charge in [0, 0.05) is 25.2 Å². The van der Waals surface area contributed by atoms with Crippen LogP contribution in [0.2, 0.25) is 0 Å². The van der Waals surface area contributed by atoms with Crippen molar-refractivity contribution in [3.8, 4) is 5.75 Å². The summed E-state index contributed by atoms with van der Waals surface area (Å²) in [4.78, 5) is 2.23. The van der Waals surface area contributed by atoms with Crippen LogP contribution in [0.25, 0.3) is 0 Å². The lowest BCUT2D eigenvalue weighted by molar-refractivity contribution is -0.274. The van der Waals surface area contributed by atoms with Gasteiger partial charge in [0.25, 0.3) is 0 Å². The second-order valence-corrected chi connectivity index (χ2v) is 4.86. The maximum Gasteiger partial charge on any atom is 0.573 e. The Kier molecular flexibility index (Phi) is 4.01. The van der Waals surface area contributed by atoms with Crippen molar-refractivity contribution < 1.29 is 17.9 Å². The number of hydrogen-bond acceptors (Lipinski definition) is 3. The summed E-state index contributed by atoms with van der Waals surface area (Å²) in [6.07, 6.45) is -3.69. The van der Waals surface area contributed by atoms with Crippen molar-refractivity contribution in [2.45, 2.75) is 38.3 Å². The van der Waals surface area contributed by atoms with E-state index in [0.29, 0.717) is 12.6 Å². The average Bonchev–Trinajstić information content (AvgIpc) is 2.62. The van der Waals surface area contributed by atoms with Gasteiger partial charge < -0.3 is 10.5 Å². The monoisotopic (exact) mass is 274 g/mol. The van der Waals surface area contributed by atoms with Gasteiger partial charge in [-0.1, -0.05) is 12.1 Å². The molecule has 0 bridgehead atoms. The molecule has 0 spiro atoms. The molecule has 3 nitrogen and oxygen atoms in total. The minimum Gasteiger partial charge on any atom is -0.406 e. The lowest BCUT2D eigenvalue weighted by Gasteiger charge is -2.23. The van der Waals surface area contributed by atoms with Gasteiger partial charge in [-0.2, -0.15) is 0 Å². The van der Waals surface area contributed by atoms with E-state index in [0.717, 1.165) is 18.5 Å². The van der Waals surface area contributed by atoms with E-state index < -0.39 is 6.36 Å². The van der Waals surface area contributed by atoms with Crippen molar-refractivity contribution in [1.82, 2.24) is 4.90 Å². The normalized spacial score (nSPS) is 24.7. The molecule has 1 heterocycles. The number of ether oxygens (including phenoxy) is 1. The Labute approximate surface area is 110 Å². The molecule has 1 aliphatic heterocycles. The zero-order chi connectivity index (χ0) is 14.0. The van der Waals surface area contributed by atoms with Crippen LogP contribution in [0.15, 0.2) is 24.3 Å². The fourth-order valence-electron chi connectivity index (χ4n) is 2.28. The van der Waals surface area contributed by atoms with Gasteiger partial charge >= 0.3 is 6.36 Å². The molecule has 106 valence electrons. The molecule has 2 rings (SSSR count). The Morgan fingerprint density at radius 3 is 2.42 bits per heavy atom. The predicted molar refractivity (Wildman–Crippen MR) is 65.6 cm³/mol. The largest absolute Gasteiger partial charge is 0.573 e. The number of alkyl halides is 3. The molecule has 0 amide bonds. The molecule has 0 aromatic heterocycles. The smallest absolute Gasteiger partial charge is 0.406 e. The predicted octanol–water partition coefficient (Wildman–Crippen LogP) is 2.51. The molecule has 0 aliphatic carbocycles. The van der Waals surface area contributed by atoms with Gasteiger partial charge in [-0.15, -0.1) is 13.2 Å². The highest BCUT2D eigenvalue weighted by Gasteiger charge is 2.31. The third-order valence-corrected chi connectivity index (χ3v) is 3.49. The van der Waals surface area contributed by atoms with Gasteiger partial charge in [-0.3, -0.25) is 4.90 Å². The van der Waals surface area contributed by atoms with Crippen molar-refractivity contribution in [3.63, 3.8) is 0 Å². The van der Waals surface area contributed by atoms with E-state index in [1.807, 2.05) is 0 Å². The van der Waals surface area contributed by atoms with Crippen LogP contribution in [0.4, 0.5) is 13.2 Å². The zero-order valence-electron chi connectivity index (χ0n) is 10.7. The zero-order valence-corrected chi connectivity index (χ0v) is 10.7. The summed E-state index contributed by atoms with van der Waals surface area (Å²) >= 11 is 0. The summed E-state index contributed by atoms with van der Waals surface area (Å²) in [5, 5.41) is 0. The molecular weight excluding hydrogens is 257 g/mol. The number of halogens is 3. The van der Waals surface area contributed by atoms with E-state index in [1.54, 1.807) is 12.1 Å². The summed E-state index contributed by atoms with van der Waals surface area (Å²) in [6.45, 7) is 3.68. The second-order valence-electron chi connectivity index (χ2n) is 4.86. The van der Waals surface area contributed by atoms with Gasteiger partial charge in [0.05, 0.1) is 0 Å². The van der Waals surface area contributed by atoms with Crippen LogP contribution in [0, 0.1) is 0 Å². The second kappa shape index (κ2) is 5.38. The Bertz CT molecular complexity index is 419. The Balaban J connectivity index is 1.96. The number of rotatable bonds is 3. The van der Waals surface area contributed by atoms with Gasteiger partial charge in [0.15, 0.2) is 0 Å². The number of likely N-dealkylation sites (tertiary alicyclic amines) is 1. The van der Waals surface area contributed by atoms with Crippen LogP contribution in [0.1, 0.15) is 18.9 Å². The lowest BCUT2D eigenvalue weighted by Crippen LogP contribution is -2.36. The third-order valence-electron chi connectivity index (χ3n) is 3.49. The van der Waals surface area contributed by atoms with Gasteiger partial charge in [0.2, 0.25) is 0 Å². The summed E-state index contributed by atoms with van der Waals surface area (Å²) in [5.74, 6) is -0.192. The molecule has 6 heteroatoms. The average molecular weight is 274 g/mol. The molecule has 1 aromatic carbocycles. The third kappa shape index (κ3) is 3.84. The van der Waals surface area contributed by atoms with Crippen molar-refractivity contribution >= 4 is 0 Å². The van der Waals surface area contributed by atoms with Crippen LogP contribution in [0.3, 0.4) is 0 Å². The highest BCUT2D eigenvalue weighted by Crippen LogP contribution is 2.24. The minimum atomic E-state index is -4.64. The first-order valence-electron chi connectivity index (χ1n) is 6.19. The molecule has 2 N–H and O–H groups in total. The summed E-state index contributed by atoms with van der Waals surface area (Å²) in [7, 11) is 0. The fourth-order valence-corrected chi connectivity index (χ4v) is 2.28. The van der Waals surface area contributed by atoms with Crippen LogP contribution < -0.4 is 10.5 Å². The van der Waals surface area contributed by atoms with E-state index >= 15 is 0 Å². The molecule has 2 atom stereocenters. The lowest BCUT2D eigenvalue weighted by atomic mass is 10.1. The van der Waals surface area contributed by atoms with Gasteiger partial charge in [-0.05, 0) is 31.0 Å². The minimum absolute atomic E-state index is 0.174. The fraction of sp³-hybridized carbons (Fsp3) is 0.538. The summed E-state index contributed by atoms with van der Waals surface area (Å²) < 4.78 is 39.9. The molecule has 1 aromatic rings. The van der Waals surface area contributed by atoms with Gasteiger partial charge in [-0.25, -0.2) is 0 Å². The number of nitrogens with two attached hydrogens (primary N) is 1. The molecule has 0 saturated carbocycles. The molecule has 0 radical (unpaired) electrons. The number of benzene rings is 1. The first-order valence-corrected chi connectivity index (χ1v) is 6.19. The number of hydrogen-bond donors (Lipinski definition) is 1. The van der Waals surface area contributed by atoms with Crippen LogP contribution in [0.5, 0.6) is 5.75 Å².